The Labute approximate surface area is 101 Å². The number of hydrogen-bond acceptors (Lipinski definition) is 5. The van der Waals surface area contributed by atoms with Crippen LogP contribution in [0.4, 0.5) is 6.01 Å². The Morgan fingerprint density at radius 3 is 2.82 bits per heavy atom. The molecule has 2 aliphatic rings. The summed E-state index contributed by atoms with van der Waals surface area (Å²) in [7, 11) is 0. The summed E-state index contributed by atoms with van der Waals surface area (Å²) in [5, 5.41) is 14.7. The summed E-state index contributed by atoms with van der Waals surface area (Å²) in [4.78, 5) is 0. The van der Waals surface area contributed by atoms with Crippen molar-refractivity contribution >= 4 is 6.01 Å². The van der Waals surface area contributed by atoms with Gasteiger partial charge in [-0.2, -0.15) is 0 Å². The van der Waals surface area contributed by atoms with Gasteiger partial charge in [0.25, 0.3) is 0 Å². The van der Waals surface area contributed by atoms with Crippen LogP contribution in [-0.4, -0.2) is 22.3 Å². The van der Waals surface area contributed by atoms with Gasteiger partial charge in [-0.25, -0.2) is 0 Å². The zero-order chi connectivity index (χ0) is 11.7. The van der Waals surface area contributed by atoms with Gasteiger partial charge < -0.3 is 15.1 Å². The fourth-order valence-corrected chi connectivity index (χ4v) is 2.03. The zero-order valence-corrected chi connectivity index (χ0v) is 10.3. The minimum absolute atomic E-state index is 0.423. The van der Waals surface area contributed by atoms with E-state index >= 15 is 0 Å². The van der Waals surface area contributed by atoms with E-state index in [1.807, 2.05) is 0 Å². The van der Waals surface area contributed by atoms with Crippen molar-refractivity contribution in [1.82, 2.24) is 15.5 Å². The maximum atomic E-state index is 5.54. The second kappa shape index (κ2) is 4.64. The Bertz CT molecular complexity index is 370. The molecule has 3 rings (SSSR count). The predicted octanol–water partition coefficient (Wildman–Crippen LogP) is 1.92. The number of nitrogens with zero attached hydrogens (tertiary/aromatic N) is 2. The van der Waals surface area contributed by atoms with E-state index in [2.05, 4.69) is 27.8 Å². The van der Waals surface area contributed by atoms with Gasteiger partial charge in [0.15, 0.2) is 0 Å². The highest BCUT2D eigenvalue weighted by molar-refractivity contribution is 5.19. The topological polar surface area (TPSA) is 63.0 Å². The third kappa shape index (κ3) is 3.43. The van der Waals surface area contributed by atoms with Gasteiger partial charge in [-0.3, -0.25) is 0 Å². The fourth-order valence-electron chi connectivity index (χ4n) is 2.03. The first-order valence-corrected chi connectivity index (χ1v) is 6.62. The Balaban J connectivity index is 1.44. The summed E-state index contributed by atoms with van der Waals surface area (Å²) < 4.78 is 5.54. The normalized spacial score (nSPS) is 21.5. The summed E-state index contributed by atoms with van der Waals surface area (Å²) >= 11 is 0. The molecule has 0 amide bonds. The van der Waals surface area contributed by atoms with E-state index in [-0.39, 0.29) is 0 Å². The Morgan fingerprint density at radius 1 is 1.29 bits per heavy atom. The highest BCUT2D eigenvalue weighted by Crippen LogP contribution is 2.33. The highest BCUT2D eigenvalue weighted by atomic mass is 16.4. The van der Waals surface area contributed by atoms with Crippen molar-refractivity contribution in [3.05, 3.63) is 5.89 Å². The molecule has 0 bridgehead atoms. The van der Waals surface area contributed by atoms with Gasteiger partial charge in [0, 0.05) is 12.1 Å². The smallest absolute Gasteiger partial charge is 0.315 e. The average molecular weight is 236 g/mol. The minimum atomic E-state index is 0.423. The van der Waals surface area contributed by atoms with Crippen LogP contribution in [-0.2, 0) is 6.54 Å². The van der Waals surface area contributed by atoms with Crippen molar-refractivity contribution in [3.8, 4) is 0 Å². The zero-order valence-electron chi connectivity index (χ0n) is 10.3. The van der Waals surface area contributed by atoms with Crippen molar-refractivity contribution in [2.45, 2.75) is 57.7 Å². The fraction of sp³-hybridized carbons (Fsp3) is 0.833. The lowest BCUT2D eigenvalue weighted by molar-refractivity contribution is 0.469. The predicted molar refractivity (Wildman–Crippen MR) is 64.6 cm³/mol. The van der Waals surface area contributed by atoms with E-state index in [1.165, 1.54) is 32.1 Å². The van der Waals surface area contributed by atoms with Gasteiger partial charge in [-0.15, -0.1) is 5.10 Å². The van der Waals surface area contributed by atoms with Crippen LogP contribution in [0.2, 0.25) is 0 Å². The van der Waals surface area contributed by atoms with Gasteiger partial charge in [-0.1, -0.05) is 17.9 Å². The van der Waals surface area contributed by atoms with Gasteiger partial charge in [0.05, 0.1) is 6.54 Å². The maximum Gasteiger partial charge on any atom is 0.315 e. The lowest BCUT2D eigenvalue weighted by Crippen LogP contribution is -2.16. The lowest BCUT2D eigenvalue weighted by atomic mass is 10.2. The number of aromatic nitrogens is 2. The molecule has 1 aromatic rings. The average Bonchev–Trinajstić information content (AvgIpc) is 3.19. The molecular weight excluding hydrogens is 216 g/mol. The van der Waals surface area contributed by atoms with Gasteiger partial charge in [-0.05, 0) is 32.1 Å². The second-order valence-corrected chi connectivity index (χ2v) is 5.38. The second-order valence-electron chi connectivity index (χ2n) is 5.38. The van der Waals surface area contributed by atoms with Crippen LogP contribution >= 0.6 is 0 Å². The van der Waals surface area contributed by atoms with Crippen LogP contribution < -0.4 is 10.6 Å². The van der Waals surface area contributed by atoms with E-state index in [0.29, 0.717) is 30.5 Å². The number of nitrogens with one attached hydrogen (secondary N) is 2. The van der Waals surface area contributed by atoms with Crippen molar-refractivity contribution < 1.29 is 4.42 Å². The Morgan fingerprint density at radius 2 is 2.12 bits per heavy atom. The SMILES string of the molecule is CC(CC1CC1)Nc1nnc(CNC2CC2)o1. The van der Waals surface area contributed by atoms with Crippen LogP contribution in [0.3, 0.4) is 0 Å². The molecule has 2 aliphatic carbocycles. The van der Waals surface area contributed by atoms with E-state index in [0.717, 1.165) is 5.92 Å². The Hall–Kier alpha value is -1.10. The van der Waals surface area contributed by atoms with Crippen LogP contribution in [0.15, 0.2) is 4.42 Å². The number of anilines is 1. The van der Waals surface area contributed by atoms with Gasteiger partial charge in [0.2, 0.25) is 5.89 Å². The molecule has 0 aromatic carbocycles. The number of rotatable bonds is 7. The molecular formula is C12H20N4O. The highest BCUT2D eigenvalue weighted by Gasteiger charge is 2.24. The van der Waals surface area contributed by atoms with Crippen molar-refractivity contribution in [3.63, 3.8) is 0 Å². The lowest BCUT2D eigenvalue weighted by Gasteiger charge is -2.10. The third-order valence-electron chi connectivity index (χ3n) is 3.34. The van der Waals surface area contributed by atoms with Gasteiger partial charge in [0.1, 0.15) is 0 Å². The van der Waals surface area contributed by atoms with Crippen LogP contribution in [0.5, 0.6) is 0 Å². The summed E-state index contributed by atoms with van der Waals surface area (Å²) in [6.07, 6.45) is 6.52. The molecule has 1 aromatic heterocycles. The van der Waals surface area contributed by atoms with Crippen molar-refractivity contribution in [2.75, 3.05) is 5.32 Å². The molecule has 0 saturated heterocycles. The van der Waals surface area contributed by atoms with Crippen molar-refractivity contribution in [1.29, 1.82) is 0 Å². The minimum Gasteiger partial charge on any atom is -0.407 e. The summed E-state index contributed by atoms with van der Waals surface area (Å²) in [5.41, 5.74) is 0. The van der Waals surface area contributed by atoms with Gasteiger partial charge >= 0.3 is 6.01 Å². The van der Waals surface area contributed by atoms with E-state index in [9.17, 15) is 0 Å². The molecule has 0 aliphatic heterocycles. The molecule has 2 saturated carbocycles. The summed E-state index contributed by atoms with van der Waals surface area (Å²) in [6, 6.07) is 1.66. The van der Waals surface area contributed by atoms with Crippen LogP contribution in [0.25, 0.3) is 0 Å². The standard InChI is InChI=1S/C12H20N4O/c1-8(6-9-2-3-9)14-12-16-15-11(17-12)7-13-10-4-5-10/h8-10,13H,2-7H2,1H3,(H,14,16). The molecule has 0 spiro atoms. The molecule has 17 heavy (non-hydrogen) atoms. The maximum absolute atomic E-state index is 5.54. The molecule has 1 unspecified atom stereocenters. The van der Waals surface area contributed by atoms with Crippen LogP contribution in [0, 0.1) is 5.92 Å². The quantitative estimate of drug-likeness (QED) is 0.757. The first-order valence-electron chi connectivity index (χ1n) is 6.62. The molecule has 5 heteroatoms. The van der Waals surface area contributed by atoms with E-state index in [4.69, 9.17) is 4.42 Å². The summed E-state index contributed by atoms with van der Waals surface area (Å²) in [6.45, 7) is 2.86. The molecule has 1 heterocycles. The Kier molecular flexibility index (Phi) is 3.01. The van der Waals surface area contributed by atoms with E-state index in [1.54, 1.807) is 0 Å². The van der Waals surface area contributed by atoms with Crippen molar-refractivity contribution in [2.24, 2.45) is 5.92 Å². The number of hydrogen-bond donors (Lipinski definition) is 2. The first-order chi connectivity index (χ1) is 8.29. The van der Waals surface area contributed by atoms with E-state index < -0.39 is 0 Å². The summed E-state index contributed by atoms with van der Waals surface area (Å²) in [5.74, 6) is 1.59. The largest absolute Gasteiger partial charge is 0.407 e. The first kappa shape index (κ1) is 11.0. The monoisotopic (exact) mass is 236 g/mol. The molecule has 0 radical (unpaired) electrons. The van der Waals surface area contributed by atoms with Crippen LogP contribution in [0.1, 0.15) is 44.9 Å². The molecule has 2 N–H and O–H groups in total. The molecule has 1 atom stereocenters. The molecule has 2 fully saturated rings. The third-order valence-corrected chi connectivity index (χ3v) is 3.34. The molecule has 5 nitrogen and oxygen atoms in total. The molecule has 94 valence electrons.